The Kier molecular flexibility index (Phi) is 4.22. The largest absolute Gasteiger partial charge is 0.355 e. The van der Waals surface area contributed by atoms with Crippen molar-refractivity contribution >= 4 is 18.3 Å². The van der Waals surface area contributed by atoms with E-state index in [4.69, 9.17) is 5.73 Å². The van der Waals surface area contributed by atoms with Crippen molar-refractivity contribution in [1.29, 1.82) is 0 Å². The van der Waals surface area contributed by atoms with E-state index in [9.17, 15) is 4.79 Å². The number of amides is 1. The van der Waals surface area contributed by atoms with Crippen molar-refractivity contribution in [3.05, 3.63) is 0 Å². The molecule has 0 atom stereocenters. The number of halogens is 1. The standard InChI is InChI=1S/C14H24N2O.ClH/c15-1-2-16-13(17)9-14-6-10-3-11(7-14)5-12(4-10)8-14;/h10-12H,1-9,15H2,(H,16,17);1H. The maximum absolute atomic E-state index is 11.9. The zero-order chi connectivity index (χ0) is 11.9. The summed E-state index contributed by atoms with van der Waals surface area (Å²) in [5, 5.41) is 2.94. The van der Waals surface area contributed by atoms with Gasteiger partial charge in [-0.05, 0) is 61.7 Å². The molecule has 4 rings (SSSR count). The van der Waals surface area contributed by atoms with Gasteiger partial charge in [0, 0.05) is 19.5 Å². The highest BCUT2D eigenvalue weighted by Crippen LogP contribution is 2.61. The summed E-state index contributed by atoms with van der Waals surface area (Å²) in [5.41, 5.74) is 5.79. The van der Waals surface area contributed by atoms with Crippen molar-refractivity contribution < 1.29 is 4.79 Å². The van der Waals surface area contributed by atoms with Crippen LogP contribution in [-0.4, -0.2) is 19.0 Å². The molecule has 0 aromatic carbocycles. The maximum Gasteiger partial charge on any atom is 0.220 e. The molecule has 4 aliphatic carbocycles. The van der Waals surface area contributed by atoms with Crippen molar-refractivity contribution in [2.75, 3.05) is 13.1 Å². The molecule has 1 amide bonds. The Morgan fingerprint density at radius 3 is 2.06 bits per heavy atom. The lowest BCUT2D eigenvalue weighted by Crippen LogP contribution is -2.48. The SMILES string of the molecule is Cl.NCCNC(=O)CC12CC3CC(CC(C3)C1)C2. The van der Waals surface area contributed by atoms with Gasteiger partial charge in [0.25, 0.3) is 0 Å². The topological polar surface area (TPSA) is 55.1 Å². The monoisotopic (exact) mass is 272 g/mol. The smallest absolute Gasteiger partial charge is 0.220 e. The Morgan fingerprint density at radius 2 is 1.61 bits per heavy atom. The minimum absolute atomic E-state index is 0. The molecule has 0 radical (unpaired) electrons. The molecule has 0 heterocycles. The normalized spacial score (nSPS) is 40.4. The van der Waals surface area contributed by atoms with E-state index >= 15 is 0 Å². The lowest BCUT2D eigenvalue weighted by atomic mass is 9.49. The van der Waals surface area contributed by atoms with E-state index in [-0.39, 0.29) is 18.3 Å². The van der Waals surface area contributed by atoms with Crippen LogP contribution in [0.2, 0.25) is 0 Å². The van der Waals surface area contributed by atoms with Crippen LogP contribution in [0, 0.1) is 23.2 Å². The van der Waals surface area contributed by atoms with Gasteiger partial charge in [0.15, 0.2) is 0 Å². The molecule has 0 aliphatic heterocycles. The molecular weight excluding hydrogens is 248 g/mol. The fourth-order valence-electron chi connectivity index (χ4n) is 5.12. The van der Waals surface area contributed by atoms with Crippen LogP contribution >= 0.6 is 12.4 Å². The lowest BCUT2D eigenvalue weighted by Gasteiger charge is -2.56. The van der Waals surface area contributed by atoms with Crippen LogP contribution in [0.25, 0.3) is 0 Å². The first kappa shape index (κ1) is 14.1. The third kappa shape index (κ3) is 2.67. The van der Waals surface area contributed by atoms with Gasteiger partial charge in [0.1, 0.15) is 0 Å². The van der Waals surface area contributed by atoms with Crippen molar-refractivity contribution in [3.8, 4) is 0 Å². The number of nitrogens with two attached hydrogens (primary N) is 1. The number of carbonyl (C=O) groups is 1. The Bertz CT molecular complexity index is 284. The molecule has 0 aromatic rings. The van der Waals surface area contributed by atoms with Gasteiger partial charge < -0.3 is 11.1 Å². The van der Waals surface area contributed by atoms with Crippen molar-refractivity contribution in [2.24, 2.45) is 28.9 Å². The number of hydrogen-bond donors (Lipinski definition) is 2. The Hall–Kier alpha value is -0.280. The van der Waals surface area contributed by atoms with E-state index in [0.29, 0.717) is 18.5 Å². The zero-order valence-corrected chi connectivity index (χ0v) is 11.8. The van der Waals surface area contributed by atoms with Gasteiger partial charge in [-0.3, -0.25) is 4.79 Å². The zero-order valence-electron chi connectivity index (χ0n) is 11.0. The molecule has 0 aromatic heterocycles. The van der Waals surface area contributed by atoms with Crippen LogP contribution in [0.4, 0.5) is 0 Å². The average molecular weight is 273 g/mol. The van der Waals surface area contributed by atoms with Crippen molar-refractivity contribution in [1.82, 2.24) is 5.32 Å². The third-order valence-corrected chi connectivity index (χ3v) is 5.17. The van der Waals surface area contributed by atoms with Crippen molar-refractivity contribution in [3.63, 3.8) is 0 Å². The quantitative estimate of drug-likeness (QED) is 0.823. The Labute approximate surface area is 116 Å². The molecule has 18 heavy (non-hydrogen) atoms. The highest BCUT2D eigenvalue weighted by atomic mass is 35.5. The molecule has 0 saturated heterocycles. The summed E-state index contributed by atoms with van der Waals surface area (Å²) in [6.07, 6.45) is 9.05. The minimum atomic E-state index is 0. The molecule has 104 valence electrons. The number of carbonyl (C=O) groups excluding carboxylic acids is 1. The van der Waals surface area contributed by atoms with Gasteiger partial charge in [-0.1, -0.05) is 0 Å². The van der Waals surface area contributed by atoms with Crippen LogP contribution in [-0.2, 0) is 4.79 Å². The van der Waals surface area contributed by atoms with E-state index in [2.05, 4.69) is 5.32 Å². The fourth-order valence-corrected chi connectivity index (χ4v) is 5.12. The van der Waals surface area contributed by atoms with Gasteiger partial charge in [0.05, 0.1) is 0 Å². The molecule has 3 nitrogen and oxygen atoms in total. The minimum Gasteiger partial charge on any atom is -0.355 e. The maximum atomic E-state index is 11.9. The van der Waals surface area contributed by atoms with E-state index in [1.807, 2.05) is 0 Å². The summed E-state index contributed by atoms with van der Waals surface area (Å²) >= 11 is 0. The van der Waals surface area contributed by atoms with Gasteiger partial charge in [-0.2, -0.15) is 0 Å². The van der Waals surface area contributed by atoms with Gasteiger partial charge in [-0.25, -0.2) is 0 Å². The van der Waals surface area contributed by atoms with Crippen LogP contribution in [0.3, 0.4) is 0 Å². The highest BCUT2D eigenvalue weighted by Gasteiger charge is 2.51. The van der Waals surface area contributed by atoms with E-state index < -0.39 is 0 Å². The average Bonchev–Trinajstić information content (AvgIpc) is 2.23. The van der Waals surface area contributed by atoms with Crippen molar-refractivity contribution in [2.45, 2.75) is 44.9 Å². The summed E-state index contributed by atoms with van der Waals surface area (Å²) in [6.45, 7) is 1.18. The number of rotatable bonds is 4. The van der Waals surface area contributed by atoms with Crippen LogP contribution in [0.5, 0.6) is 0 Å². The third-order valence-electron chi connectivity index (χ3n) is 5.17. The van der Waals surface area contributed by atoms with Gasteiger partial charge >= 0.3 is 0 Å². The highest BCUT2D eigenvalue weighted by molar-refractivity contribution is 5.85. The van der Waals surface area contributed by atoms with Crippen LogP contribution in [0.15, 0.2) is 0 Å². The molecule has 4 aliphatic rings. The second-order valence-electron chi connectivity index (χ2n) is 6.73. The molecule has 4 heteroatoms. The summed E-state index contributed by atoms with van der Waals surface area (Å²) in [7, 11) is 0. The molecule has 4 fully saturated rings. The molecule has 4 saturated carbocycles. The molecular formula is C14H25ClN2O. The van der Waals surface area contributed by atoms with E-state index in [1.54, 1.807) is 0 Å². The number of hydrogen-bond acceptors (Lipinski definition) is 2. The van der Waals surface area contributed by atoms with E-state index in [0.717, 1.165) is 24.2 Å². The van der Waals surface area contributed by atoms with E-state index in [1.165, 1.54) is 38.5 Å². The molecule has 0 spiro atoms. The predicted octanol–water partition coefficient (Wildman–Crippen LogP) is 2.09. The fraction of sp³-hybridized carbons (Fsp3) is 0.929. The first-order valence-electron chi connectivity index (χ1n) is 7.16. The lowest BCUT2D eigenvalue weighted by molar-refractivity contribution is -0.129. The van der Waals surface area contributed by atoms with Crippen LogP contribution < -0.4 is 11.1 Å². The summed E-state index contributed by atoms with van der Waals surface area (Å²) < 4.78 is 0. The second-order valence-corrected chi connectivity index (χ2v) is 6.73. The first-order chi connectivity index (χ1) is 8.19. The molecule has 4 bridgehead atoms. The number of nitrogens with one attached hydrogen (secondary N) is 1. The van der Waals surface area contributed by atoms with Gasteiger partial charge in [-0.15, -0.1) is 12.4 Å². The summed E-state index contributed by atoms with van der Waals surface area (Å²) in [4.78, 5) is 11.9. The summed E-state index contributed by atoms with van der Waals surface area (Å²) in [6, 6.07) is 0. The predicted molar refractivity (Wildman–Crippen MR) is 74.5 cm³/mol. The second kappa shape index (κ2) is 5.38. The molecule has 3 N–H and O–H groups in total. The summed E-state index contributed by atoms with van der Waals surface area (Å²) in [5.74, 6) is 3.04. The Morgan fingerprint density at radius 1 is 1.11 bits per heavy atom. The van der Waals surface area contributed by atoms with Crippen LogP contribution in [0.1, 0.15) is 44.9 Å². The first-order valence-corrected chi connectivity index (χ1v) is 7.16. The van der Waals surface area contributed by atoms with Gasteiger partial charge in [0.2, 0.25) is 5.91 Å². The Balaban J connectivity index is 0.00000120. The molecule has 0 unspecified atom stereocenters.